The summed E-state index contributed by atoms with van der Waals surface area (Å²) in [6.45, 7) is 1.05. The molecule has 43 heavy (non-hydrogen) atoms. The number of thiophene rings is 1. The topological polar surface area (TPSA) is 188 Å². The minimum absolute atomic E-state index is 0.0155. The number of aliphatic carboxylic acids is 1. The first-order chi connectivity index (χ1) is 20.5. The Kier molecular flexibility index (Phi) is 10.6. The zero-order valence-corrected chi connectivity index (χ0v) is 25.2. The number of ether oxygens (including phenoxy) is 2. The van der Waals surface area contributed by atoms with Crippen LogP contribution in [-0.4, -0.2) is 83.8 Å². The van der Waals surface area contributed by atoms with Gasteiger partial charge in [-0.2, -0.15) is 0 Å². The molecule has 1 fully saturated rings. The second-order valence-electron chi connectivity index (χ2n) is 9.73. The number of esters is 2. The van der Waals surface area contributed by atoms with Gasteiger partial charge in [0.1, 0.15) is 30.8 Å². The van der Waals surface area contributed by atoms with Crippen LogP contribution in [0.1, 0.15) is 30.0 Å². The zero-order chi connectivity index (χ0) is 31.3. The van der Waals surface area contributed by atoms with Gasteiger partial charge in [-0.05, 0) is 16.4 Å². The molecule has 230 valence electrons. The van der Waals surface area contributed by atoms with Crippen molar-refractivity contribution in [2.75, 3.05) is 18.2 Å². The van der Waals surface area contributed by atoms with E-state index in [1.54, 1.807) is 6.92 Å². The third-order valence-corrected chi connectivity index (χ3v) is 9.39. The number of thioether (sulfide) groups is 1. The second kappa shape index (κ2) is 14.1. The van der Waals surface area contributed by atoms with Crippen LogP contribution in [0.3, 0.4) is 0 Å². The summed E-state index contributed by atoms with van der Waals surface area (Å²) in [7, 11) is 0. The fourth-order valence-corrected chi connectivity index (χ4v) is 6.98. The fraction of sp³-hybridized carbons (Fsp3) is 0.462. The molecule has 2 aromatic heterocycles. The van der Waals surface area contributed by atoms with Crippen molar-refractivity contribution in [3.05, 3.63) is 55.8 Å². The first-order valence-electron chi connectivity index (χ1n) is 13.0. The number of amides is 1. The maximum atomic E-state index is 12.9. The normalized spacial score (nSPS) is 18.5. The summed E-state index contributed by atoms with van der Waals surface area (Å²) in [4.78, 5) is 78.5. The lowest BCUT2D eigenvalue weighted by atomic mass is 9.89. The summed E-state index contributed by atoms with van der Waals surface area (Å²) < 4.78 is 11.7. The minimum Gasteiger partial charge on any atom is -0.477 e. The van der Waals surface area contributed by atoms with Crippen molar-refractivity contribution in [1.82, 2.24) is 14.5 Å². The SMILES string of the molecule is Cc1ncc([N+](=O)[O-])n1CC(CCl)OC(=O)CCC(=O)OCC1=C(C(=O)O)N2C(=O)[C@@H](CC(=O)Cc3cccs3)[C@H]2SC1. The molecule has 0 saturated carbocycles. The van der Waals surface area contributed by atoms with E-state index < -0.39 is 52.7 Å². The van der Waals surface area contributed by atoms with Crippen molar-refractivity contribution in [2.45, 2.75) is 50.6 Å². The van der Waals surface area contributed by atoms with Gasteiger partial charge in [-0.15, -0.1) is 34.7 Å². The molecule has 0 aliphatic carbocycles. The molecule has 0 bridgehead atoms. The monoisotopic (exact) mass is 654 g/mol. The third kappa shape index (κ3) is 7.61. The number of carbonyl (C=O) groups excluding carboxylic acids is 4. The molecule has 17 heteroatoms. The van der Waals surface area contributed by atoms with Gasteiger partial charge in [-0.1, -0.05) is 6.07 Å². The number of carbonyl (C=O) groups is 5. The first kappa shape index (κ1) is 32.2. The van der Waals surface area contributed by atoms with Crippen molar-refractivity contribution in [3.8, 4) is 0 Å². The molecule has 2 aliphatic heterocycles. The van der Waals surface area contributed by atoms with E-state index in [1.165, 1.54) is 27.7 Å². The van der Waals surface area contributed by atoms with Crippen LogP contribution >= 0.6 is 34.7 Å². The number of aromatic nitrogens is 2. The van der Waals surface area contributed by atoms with Crippen LogP contribution in [0, 0.1) is 23.0 Å². The standard InChI is InChI=1S/C26H27ClN4O10S2/c1-14-28-10-20(31(38)39)29(14)11-17(9-27)41-22(34)5-4-21(33)40-12-15-13-43-25-19(24(35)30(25)23(15)26(36)37)8-16(32)7-18-3-2-6-42-18/h2-3,6,10,17,19,25H,4-5,7-9,11-13H2,1H3,(H,36,37)/t17?,19-,25-/m1/s1. The Balaban J connectivity index is 1.26. The molecule has 4 heterocycles. The van der Waals surface area contributed by atoms with Crippen LogP contribution in [0.2, 0.25) is 0 Å². The summed E-state index contributed by atoms with van der Waals surface area (Å²) in [5.74, 6) is -4.05. The van der Waals surface area contributed by atoms with Crippen molar-refractivity contribution in [3.63, 3.8) is 0 Å². The van der Waals surface area contributed by atoms with Crippen LogP contribution in [-0.2, 0) is 46.4 Å². The highest BCUT2D eigenvalue weighted by Crippen LogP contribution is 2.45. The molecule has 1 saturated heterocycles. The number of hydrogen-bond acceptors (Lipinski definition) is 12. The highest BCUT2D eigenvalue weighted by atomic mass is 35.5. The van der Waals surface area contributed by atoms with Crippen molar-refractivity contribution in [1.29, 1.82) is 0 Å². The zero-order valence-electron chi connectivity index (χ0n) is 22.8. The summed E-state index contributed by atoms with van der Waals surface area (Å²) in [6.07, 6.45) is -0.350. The summed E-state index contributed by atoms with van der Waals surface area (Å²) in [5.41, 5.74) is -0.0438. The highest BCUT2D eigenvalue weighted by Gasteiger charge is 2.53. The van der Waals surface area contributed by atoms with E-state index in [1.807, 2.05) is 17.5 Å². The number of ketones is 1. The molecule has 1 unspecified atom stereocenters. The maximum absolute atomic E-state index is 12.9. The van der Waals surface area contributed by atoms with Crippen LogP contribution in [0.15, 0.2) is 35.0 Å². The number of fused-ring (bicyclic) bond motifs is 1. The minimum atomic E-state index is -1.35. The van der Waals surface area contributed by atoms with Crippen LogP contribution in [0.5, 0.6) is 0 Å². The number of carboxylic acids is 1. The Hall–Kier alpha value is -3.76. The van der Waals surface area contributed by atoms with E-state index in [-0.39, 0.29) is 66.7 Å². The number of alkyl halides is 1. The van der Waals surface area contributed by atoms with E-state index in [0.717, 1.165) is 16.0 Å². The van der Waals surface area contributed by atoms with E-state index in [2.05, 4.69) is 4.98 Å². The molecule has 0 spiro atoms. The Bertz CT molecular complexity index is 1460. The molecule has 0 radical (unpaired) electrons. The molecule has 2 aromatic rings. The molecule has 0 aromatic carbocycles. The number of imidazole rings is 1. The van der Waals surface area contributed by atoms with E-state index >= 15 is 0 Å². The lowest BCUT2D eigenvalue weighted by Gasteiger charge is -2.49. The number of halogens is 1. The van der Waals surface area contributed by atoms with Gasteiger partial charge in [-0.3, -0.25) is 24.1 Å². The van der Waals surface area contributed by atoms with E-state index in [9.17, 15) is 39.2 Å². The average molecular weight is 655 g/mol. The van der Waals surface area contributed by atoms with Crippen LogP contribution in [0.4, 0.5) is 5.82 Å². The molecule has 14 nitrogen and oxygen atoms in total. The average Bonchev–Trinajstić information content (AvgIpc) is 3.61. The molecule has 1 amide bonds. The van der Waals surface area contributed by atoms with Gasteiger partial charge in [0.05, 0.1) is 30.0 Å². The van der Waals surface area contributed by atoms with Crippen molar-refractivity contribution >= 4 is 70.1 Å². The lowest BCUT2D eigenvalue weighted by Crippen LogP contribution is -2.62. The quantitative estimate of drug-likeness (QED) is 0.0973. The van der Waals surface area contributed by atoms with Gasteiger partial charge >= 0.3 is 23.7 Å². The Morgan fingerprint density at radius 2 is 2.02 bits per heavy atom. The summed E-state index contributed by atoms with van der Waals surface area (Å²) >= 11 is 8.62. The van der Waals surface area contributed by atoms with Gasteiger partial charge in [0.25, 0.3) is 0 Å². The van der Waals surface area contributed by atoms with E-state index in [4.69, 9.17) is 21.1 Å². The number of aryl methyl sites for hydroxylation is 1. The molecule has 3 atom stereocenters. The molecule has 4 rings (SSSR count). The maximum Gasteiger partial charge on any atom is 0.352 e. The van der Waals surface area contributed by atoms with Gasteiger partial charge in [-0.25, -0.2) is 14.3 Å². The first-order valence-corrected chi connectivity index (χ1v) is 15.5. The third-order valence-electron chi connectivity index (χ3n) is 6.78. The Morgan fingerprint density at radius 3 is 2.67 bits per heavy atom. The number of Topliss-reactive ketones (excluding diaryl/α,β-unsaturated/α-hetero) is 1. The van der Waals surface area contributed by atoms with Gasteiger partial charge in [0, 0.05) is 36.0 Å². The molecule has 1 N–H and O–H groups in total. The van der Waals surface area contributed by atoms with Crippen LogP contribution < -0.4 is 0 Å². The Labute approximate surface area is 258 Å². The number of hydrogen-bond donors (Lipinski definition) is 1. The van der Waals surface area contributed by atoms with Crippen LogP contribution in [0.25, 0.3) is 0 Å². The second-order valence-corrected chi connectivity index (χ2v) is 12.2. The van der Waals surface area contributed by atoms with Crippen molar-refractivity contribution in [2.24, 2.45) is 5.92 Å². The van der Waals surface area contributed by atoms with E-state index in [0.29, 0.717) is 5.82 Å². The lowest BCUT2D eigenvalue weighted by molar-refractivity contribution is -0.392. The highest BCUT2D eigenvalue weighted by molar-refractivity contribution is 8.00. The predicted octanol–water partition coefficient (Wildman–Crippen LogP) is 2.71. The number of β-lactam (4-membered cyclic amide) rings is 1. The summed E-state index contributed by atoms with van der Waals surface area (Å²) in [5, 5.41) is 22.4. The number of rotatable bonds is 15. The number of nitrogens with zero attached hydrogens (tertiary/aromatic N) is 4. The molecular weight excluding hydrogens is 628 g/mol. The predicted molar refractivity (Wildman–Crippen MR) is 153 cm³/mol. The number of carboxylic acid groups (broad SMARTS) is 1. The molecule has 2 aliphatic rings. The largest absolute Gasteiger partial charge is 0.477 e. The smallest absolute Gasteiger partial charge is 0.352 e. The number of nitro groups is 1. The molecular formula is C26H27ClN4O10S2. The fourth-order valence-electron chi connectivity index (χ4n) is 4.69. The van der Waals surface area contributed by atoms with Gasteiger partial charge in [0.15, 0.2) is 11.9 Å². The summed E-state index contributed by atoms with van der Waals surface area (Å²) in [6, 6.07) is 3.68. The Morgan fingerprint density at radius 1 is 1.28 bits per heavy atom. The van der Waals surface area contributed by atoms with Gasteiger partial charge in [0.2, 0.25) is 5.91 Å². The van der Waals surface area contributed by atoms with Crippen molar-refractivity contribution < 1.29 is 43.5 Å². The van der Waals surface area contributed by atoms with Gasteiger partial charge < -0.3 is 24.7 Å².